The van der Waals surface area contributed by atoms with E-state index in [0.717, 1.165) is 0 Å². The molecule has 1 aromatic carbocycles. The van der Waals surface area contributed by atoms with E-state index in [2.05, 4.69) is 0 Å². The number of carbonyl (C=O) groups is 1. The van der Waals surface area contributed by atoms with E-state index >= 15 is 0 Å². The summed E-state index contributed by atoms with van der Waals surface area (Å²) in [5, 5.41) is 18.7. The largest absolute Gasteiger partial charge is 0.507 e. The summed E-state index contributed by atoms with van der Waals surface area (Å²) in [5.41, 5.74) is 6.79. The third kappa shape index (κ3) is 1.94. The molecule has 88 valence electrons. The maximum Gasteiger partial charge on any atom is 0.325 e. The van der Waals surface area contributed by atoms with Crippen molar-refractivity contribution in [1.29, 1.82) is 0 Å². The van der Waals surface area contributed by atoms with Gasteiger partial charge in [-0.05, 0) is 25.5 Å². The lowest BCUT2D eigenvalue weighted by Gasteiger charge is -2.17. The van der Waals surface area contributed by atoms with Gasteiger partial charge in [0.25, 0.3) is 0 Å². The van der Waals surface area contributed by atoms with E-state index in [0.29, 0.717) is 16.9 Å². The summed E-state index contributed by atoms with van der Waals surface area (Å²) in [7, 11) is 1.48. The molecule has 0 aliphatic rings. The summed E-state index contributed by atoms with van der Waals surface area (Å²) in [6.45, 7) is 3.32. The highest BCUT2D eigenvalue weighted by atomic mass is 16.5. The van der Waals surface area contributed by atoms with Crippen molar-refractivity contribution in [2.24, 2.45) is 5.73 Å². The number of ether oxygens (including phenoxy) is 1. The zero-order valence-corrected chi connectivity index (χ0v) is 9.44. The van der Waals surface area contributed by atoms with Gasteiger partial charge in [0, 0.05) is 11.1 Å². The lowest BCUT2D eigenvalue weighted by molar-refractivity contribution is -0.138. The van der Waals surface area contributed by atoms with Crippen LogP contribution in [-0.2, 0) is 4.79 Å². The van der Waals surface area contributed by atoms with Gasteiger partial charge in [-0.1, -0.05) is 0 Å². The monoisotopic (exact) mass is 225 g/mol. The van der Waals surface area contributed by atoms with E-state index in [4.69, 9.17) is 15.6 Å². The van der Waals surface area contributed by atoms with Crippen molar-refractivity contribution < 1.29 is 19.7 Å². The van der Waals surface area contributed by atoms with Crippen molar-refractivity contribution in [1.82, 2.24) is 0 Å². The molecule has 1 rings (SSSR count). The van der Waals surface area contributed by atoms with Gasteiger partial charge in [-0.15, -0.1) is 0 Å². The molecule has 1 aromatic rings. The van der Waals surface area contributed by atoms with Gasteiger partial charge in [-0.25, -0.2) is 0 Å². The molecular weight excluding hydrogens is 210 g/mol. The second-order valence-electron chi connectivity index (χ2n) is 3.60. The lowest BCUT2D eigenvalue weighted by Crippen LogP contribution is -2.22. The second-order valence-corrected chi connectivity index (χ2v) is 3.60. The Morgan fingerprint density at radius 1 is 1.50 bits per heavy atom. The summed E-state index contributed by atoms with van der Waals surface area (Å²) >= 11 is 0. The van der Waals surface area contributed by atoms with Crippen LogP contribution in [0, 0.1) is 13.8 Å². The van der Waals surface area contributed by atoms with Crippen LogP contribution in [0.1, 0.15) is 22.7 Å². The van der Waals surface area contributed by atoms with Gasteiger partial charge in [-0.3, -0.25) is 4.79 Å². The molecule has 5 nitrogen and oxygen atoms in total. The highest BCUT2D eigenvalue weighted by Crippen LogP contribution is 2.35. The van der Waals surface area contributed by atoms with Gasteiger partial charge < -0.3 is 20.7 Å². The number of aliphatic carboxylic acids is 1. The van der Waals surface area contributed by atoms with Crippen molar-refractivity contribution in [3.8, 4) is 11.5 Å². The van der Waals surface area contributed by atoms with Crippen molar-refractivity contribution in [3.05, 3.63) is 22.8 Å². The highest BCUT2D eigenvalue weighted by Gasteiger charge is 2.23. The van der Waals surface area contributed by atoms with Crippen LogP contribution in [0.25, 0.3) is 0 Å². The van der Waals surface area contributed by atoms with Crippen molar-refractivity contribution in [2.75, 3.05) is 7.11 Å². The normalized spacial score (nSPS) is 12.2. The average Bonchev–Trinajstić information content (AvgIpc) is 2.23. The molecule has 0 aliphatic heterocycles. The molecule has 0 saturated carbocycles. The molecule has 0 fully saturated rings. The van der Waals surface area contributed by atoms with E-state index < -0.39 is 12.0 Å². The number of phenols is 1. The number of hydrogen-bond donors (Lipinski definition) is 3. The maximum absolute atomic E-state index is 10.8. The van der Waals surface area contributed by atoms with E-state index in [9.17, 15) is 9.90 Å². The molecule has 16 heavy (non-hydrogen) atoms. The predicted molar refractivity (Wildman–Crippen MR) is 58.7 cm³/mol. The molecule has 0 bridgehead atoms. The Hall–Kier alpha value is -1.75. The summed E-state index contributed by atoms with van der Waals surface area (Å²) in [5.74, 6) is -0.763. The molecule has 1 atom stereocenters. The molecule has 0 aromatic heterocycles. The topological polar surface area (TPSA) is 92.8 Å². The van der Waals surface area contributed by atoms with Gasteiger partial charge in [0.1, 0.15) is 17.5 Å². The second kappa shape index (κ2) is 4.40. The molecule has 0 aliphatic carbocycles. The number of carboxylic acid groups (broad SMARTS) is 1. The number of aromatic hydroxyl groups is 1. The minimum atomic E-state index is -1.26. The Balaban J connectivity index is 3.47. The minimum absolute atomic E-state index is 0.0896. The van der Waals surface area contributed by atoms with Crippen LogP contribution in [0.2, 0.25) is 0 Å². The third-order valence-corrected chi connectivity index (χ3v) is 2.55. The van der Waals surface area contributed by atoms with E-state index in [1.54, 1.807) is 19.9 Å². The van der Waals surface area contributed by atoms with Crippen LogP contribution in [0.3, 0.4) is 0 Å². The van der Waals surface area contributed by atoms with E-state index in [1.807, 2.05) is 0 Å². The van der Waals surface area contributed by atoms with E-state index in [1.165, 1.54) is 7.11 Å². The van der Waals surface area contributed by atoms with Crippen LogP contribution in [-0.4, -0.2) is 23.3 Å². The van der Waals surface area contributed by atoms with Crippen molar-refractivity contribution in [2.45, 2.75) is 19.9 Å². The molecule has 0 spiro atoms. The quantitative estimate of drug-likeness (QED) is 0.716. The first-order valence-electron chi connectivity index (χ1n) is 4.75. The number of nitrogens with two attached hydrogens (primary N) is 1. The van der Waals surface area contributed by atoms with Crippen molar-refractivity contribution in [3.63, 3.8) is 0 Å². The molecule has 0 amide bonds. The maximum atomic E-state index is 10.8. The zero-order valence-electron chi connectivity index (χ0n) is 9.44. The highest BCUT2D eigenvalue weighted by molar-refractivity contribution is 5.78. The van der Waals surface area contributed by atoms with Gasteiger partial charge in [0.2, 0.25) is 0 Å². The van der Waals surface area contributed by atoms with Gasteiger partial charge >= 0.3 is 5.97 Å². The summed E-state index contributed by atoms with van der Waals surface area (Å²) in [6, 6.07) is 0.386. The number of hydrogen-bond acceptors (Lipinski definition) is 4. The Morgan fingerprint density at radius 3 is 2.50 bits per heavy atom. The number of methoxy groups -OCH3 is 1. The van der Waals surface area contributed by atoms with Crippen LogP contribution >= 0.6 is 0 Å². The summed E-state index contributed by atoms with van der Waals surface area (Å²) in [4.78, 5) is 10.8. The fraction of sp³-hybridized carbons (Fsp3) is 0.364. The van der Waals surface area contributed by atoms with Crippen LogP contribution in [0.5, 0.6) is 11.5 Å². The molecule has 5 heteroatoms. The van der Waals surface area contributed by atoms with Crippen LogP contribution in [0.4, 0.5) is 0 Å². The van der Waals surface area contributed by atoms with Gasteiger partial charge in [0.15, 0.2) is 0 Å². The number of phenolic OH excluding ortho intramolecular Hbond substituents is 1. The Kier molecular flexibility index (Phi) is 3.39. The van der Waals surface area contributed by atoms with Gasteiger partial charge in [-0.2, -0.15) is 0 Å². The molecule has 0 saturated heterocycles. The molecule has 0 heterocycles. The molecular formula is C11H15NO4. The smallest absolute Gasteiger partial charge is 0.325 e. The number of benzene rings is 1. The number of carboxylic acids is 1. The zero-order chi connectivity index (χ0) is 12.5. The molecule has 0 radical (unpaired) electrons. The lowest BCUT2D eigenvalue weighted by atomic mass is 9.97. The molecule has 0 unspecified atom stereocenters. The first kappa shape index (κ1) is 12.3. The fourth-order valence-corrected chi connectivity index (χ4v) is 1.61. The standard InChI is InChI=1S/C11H15NO4/c1-5-4-7(16-3)6(2)8(10(5)13)9(12)11(14)15/h4,9,13H,12H2,1-3H3,(H,14,15)/t9-/m0/s1. The number of aryl methyl sites for hydroxylation is 1. The SMILES string of the molecule is COc1cc(C)c(O)c([C@H](N)C(=O)O)c1C. The van der Waals surface area contributed by atoms with E-state index in [-0.39, 0.29) is 11.3 Å². The average molecular weight is 225 g/mol. The number of rotatable bonds is 3. The first-order valence-corrected chi connectivity index (χ1v) is 4.75. The minimum Gasteiger partial charge on any atom is -0.507 e. The summed E-state index contributed by atoms with van der Waals surface area (Å²) < 4.78 is 5.09. The summed E-state index contributed by atoms with van der Waals surface area (Å²) in [6.07, 6.45) is 0. The Morgan fingerprint density at radius 2 is 2.06 bits per heavy atom. The molecule has 4 N–H and O–H groups in total. The fourth-order valence-electron chi connectivity index (χ4n) is 1.61. The Labute approximate surface area is 93.5 Å². The van der Waals surface area contributed by atoms with Crippen molar-refractivity contribution >= 4 is 5.97 Å². The third-order valence-electron chi connectivity index (χ3n) is 2.55. The predicted octanol–water partition coefficient (Wildman–Crippen LogP) is 1.10. The Bertz CT molecular complexity index is 428. The van der Waals surface area contributed by atoms with Crippen LogP contribution < -0.4 is 10.5 Å². The van der Waals surface area contributed by atoms with Crippen LogP contribution in [0.15, 0.2) is 6.07 Å². The first-order chi connectivity index (χ1) is 7.40. The van der Waals surface area contributed by atoms with Gasteiger partial charge in [0.05, 0.1) is 7.11 Å².